The van der Waals surface area contributed by atoms with E-state index in [9.17, 15) is 0 Å². The SMILES string of the molecule is C/C(=N\C(=NC(C)c1ccccc1)n1c2ccccc2c2ccc(-c3ccc(-c4ccc5c(c4)c4ccccc4n5-c4ccccc4)cc3)cc21)c1ccccc1. The second kappa shape index (κ2) is 14.4. The highest BCUT2D eigenvalue weighted by atomic mass is 15.2. The molecule has 2 heterocycles. The molecule has 57 heavy (non-hydrogen) atoms. The van der Waals surface area contributed by atoms with Crippen molar-refractivity contribution in [1.29, 1.82) is 0 Å². The van der Waals surface area contributed by atoms with Crippen LogP contribution in [-0.2, 0) is 0 Å². The van der Waals surface area contributed by atoms with Crippen LogP contribution in [0.15, 0.2) is 210 Å². The zero-order valence-electron chi connectivity index (χ0n) is 31.9. The van der Waals surface area contributed by atoms with Crippen molar-refractivity contribution < 1.29 is 0 Å². The molecule has 0 aliphatic rings. The first-order chi connectivity index (χ1) is 28.1. The Morgan fingerprint density at radius 2 is 0.947 bits per heavy atom. The standard InChI is InChI=1S/C53H40N4/c1-36(38-16-6-3-7-17-38)54-53(55-37(2)39-18-8-4-9-19-39)57-50-25-15-12-22-45(50)47-32-30-43(35-52(47)57)41-28-26-40(27-29-41)42-31-33-51-48(34-42)46-23-13-14-24-49(46)56(51)44-20-10-5-11-21-44/h3-36H,1-2H3/b54-53?,55-37+. The van der Waals surface area contributed by atoms with Gasteiger partial charge in [-0.25, -0.2) is 9.98 Å². The summed E-state index contributed by atoms with van der Waals surface area (Å²) < 4.78 is 4.61. The lowest BCUT2D eigenvalue weighted by Crippen LogP contribution is -2.13. The monoisotopic (exact) mass is 732 g/mol. The van der Waals surface area contributed by atoms with Crippen LogP contribution in [0.25, 0.3) is 71.6 Å². The molecule has 8 aromatic carbocycles. The van der Waals surface area contributed by atoms with E-state index in [1.807, 2.05) is 12.1 Å². The molecule has 10 aromatic rings. The van der Waals surface area contributed by atoms with Crippen molar-refractivity contribution in [3.8, 4) is 27.9 Å². The van der Waals surface area contributed by atoms with E-state index in [1.54, 1.807) is 0 Å². The maximum atomic E-state index is 5.35. The first kappa shape index (κ1) is 34.2. The highest BCUT2D eigenvalue weighted by molar-refractivity contribution is 6.17. The number of benzene rings is 8. The van der Waals surface area contributed by atoms with Crippen LogP contribution in [-0.4, -0.2) is 20.8 Å². The fourth-order valence-corrected chi connectivity index (χ4v) is 8.24. The number of nitrogens with zero attached hydrogens (tertiary/aromatic N) is 4. The number of aromatic nitrogens is 2. The van der Waals surface area contributed by atoms with Crippen molar-refractivity contribution in [1.82, 2.24) is 9.13 Å². The first-order valence-electron chi connectivity index (χ1n) is 19.6. The third kappa shape index (κ3) is 6.22. The van der Waals surface area contributed by atoms with Gasteiger partial charge in [0.2, 0.25) is 5.96 Å². The van der Waals surface area contributed by atoms with Gasteiger partial charge in [0.1, 0.15) is 0 Å². The van der Waals surface area contributed by atoms with Gasteiger partial charge in [-0.2, -0.15) is 0 Å². The Kier molecular flexibility index (Phi) is 8.65. The van der Waals surface area contributed by atoms with Crippen molar-refractivity contribution in [2.24, 2.45) is 9.98 Å². The summed E-state index contributed by atoms with van der Waals surface area (Å²) in [5.74, 6) is 0.662. The van der Waals surface area contributed by atoms with Crippen molar-refractivity contribution in [3.05, 3.63) is 211 Å². The molecule has 1 atom stereocenters. The maximum Gasteiger partial charge on any atom is 0.230 e. The lowest BCUT2D eigenvalue weighted by atomic mass is 9.98. The number of rotatable bonds is 6. The quantitative estimate of drug-likeness (QED) is 0.121. The summed E-state index contributed by atoms with van der Waals surface area (Å²) in [6, 6.07) is 71.2. The predicted molar refractivity (Wildman–Crippen MR) is 241 cm³/mol. The molecular weight excluding hydrogens is 693 g/mol. The van der Waals surface area contributed by atoms with Gasteiger partial charge in [-0.3, -0.25) is 4.57 Å². The van der Waals surface area contributed by atoms with Gasteiger partial charge in [0.15, 0.2) is 0 Å². The van der Waals surface area contributed by atoms with E-state index in [4.69, 9.17) is 9.98 Å². The fraction of sp³-hybridized carbons (Fsp3) is 0.0566. The van der Waals surface area contributed by atoms with Crippen LogP contribution in [0.4, 0.5) is 0 Å². The van der Waals surface area contributed by atoms with Crippen molar-refractivity contribution in [3.63, 3.8) is 0 Å². The van der Waals surface area contributed by atoms with Crippen LogP contribution in [0.3, 0.4) is 0 Å². The van der Waals surface area contributed by atoms with Crippen LogP contribution in [0.1, 0.15) is 31.0 Å². The van der Waals surface area contributed by atoms with Crippen LogP contribution < -0.4 is 0 Å². The molecule has 0 saturated heterocycles. The minimum Gasteiger partial charge on any atom is -0.309 e. The summed E-state index contributed by atoms with van der Waals surface area (Å²) in [7, 11) is 0. The molecule has 0 saturated carbocycles. The lowest BCUT2D eigenvalue weighted by Gasteiger charge is -2.14. The van der Waals surface area contributed by atoms with Crippen molar-refractivity contribution in [2.75, 3.05) is 0 Å². The number of hydrogen-bond donors (Lipinski definition) is 0. The summed E-state index contributed by atoms with van der Waals surface area (Å²) in [6.07, 6.45) is 0. The van der Waals surface area contributed by atoms with E-state index in [0.717, 1.165) is 39.0 Å². The molecule has 0 spiro atoms. The van der Waals surface area contributed by atoms with Gasteiger partial charge in [-0.1, -0.05) is 158 Å². The molecule has 0 N–H and O–H groups in total. The van der Waals surface area contributed by atoms with Gasteiger partial charge in [-0.05, 0) is 89.7 Å². The highest BCUT2D eigenvalue weighted by Gasteiger charge is 2.18. The molecule has 272 valence electrons. The molecular formula is C53H40N4. The van der Waals surface area contributed by atoms with Crippen LogP contribution in [0.2, 0.25) is 0 Å². The van der Waals surface area contributed by atoms with E-state index in [0.29, 0.717) is 5.96 Å². The smallest absolute Gasteiger partial charge is 0.230 e. The van der Waals surface area contributed by atoms with Gasteiger partial charge >= 0.3 is 0 Å². The number of hydrogen-bond acceptors (Lipinski definition) is 1. The van der Waals surface area contributed by atoms with Gasteiger partial charge in [-0.15, -0.1) is 0 Å². The molecule has 10 rings (SSSR count). The van der Waals surface area contributed by atoms with Gasteiger partial charge < -0.3 is 4.57 Å². The fourth-order valence-electron chi connectivity index (χ4n) is 8.24. The molecule has 0 fully saturated rings. The molecule has 2 aromatic heterocycles. The van der Waals surface area contributed by atoms with Gasteiger partial charge in [0.05, 0.1) is 28.1 Å². The van der Waals surface area contributed by atoms with E-state index < -0.39 is 0 Å². The van der Waals surface area contributed by atoms with E-state index in [-0.39, 0.29) is 6.04 Å². The van der Waals surface area contributed by atoms with Crippen molar-refractivity contribution in [2.45, 2.75) is 19.9 Å². The number of aliphatic imine (C=N–C) groups is 2. The third-order valence-electron chi connectivity index (χ3n) is 11.2. The minimum atomic E-state index is -0.102. The number of fused-ring (bicyclic) bond motifs is 6. The summed E-state index contributed by atoms with van der Waals surface area (Å²) in [5.41, 5.74) is 13.5. The van der Waals surface area contributed by atoms with E-state index in [2.05, 4.69) is 211 Å². The predicted octanol–water partition coefficient (Wildman–Crippen LogP) is 13.7. The molecule has 4 heteroatoms. The molecule has 0 aliphatic heterocycles. The average Bonchev–Trinajstić information content (AvgIpc) is 3.79. The minimum absolute atomic E-state index is 0.102. The molecule has 1 unspecified atom stereocenters. The largest absolute Gasteiger partial charge is 0.309 e. The Labute approximate surface area is 332 Å². The zero-order chi connectivity index (χ0) is 38.3. The van der Waals surface area contributed by atoms with Crippen LogP contribution >= 0.6 is 0 Å². The zero-order valence-corrected chi connectivity index (χ0v) is 31.9. The molecule has 0 radical (unpaired) electrons. The topological polar surface area (TPSA) is 34.6 Å². The maximum absolute atomic E-state index is 5.35. The molecule has 0 bridgehead atoms. The first-order valence-corrected chi connectivity index (χ1v) is 19.6. The Balaban J connectivity index is 1.07. The Hall–Kier alpha value is -7.30. The van der Waals surface area contributed by atoms with E-state index in [1.165, 1.54) is 49.4 Å². The van der Waals surface area contributed by atoms with Gasteiger partial charge in [0, 0.05) is 32.9 Å². The molecule has 0 aliphatic carbocycles. The Morgan fingerprint density at radius 3 is 1.65 bits per heavy atom. The third-order valence-corrected chi connectivity index (χ3v) is 11.2. The molecule has 0 amide bonds. The summed E-state index contributed by atoms with van der Waals surface area (Å²) in [5, 5.41) is 4.84. The van der Waals surface area contributed by atoms with Crippen LogP contribution in [0, 0.1) is 0 Å². The molecule has 4 nitrogen and oxygen atoms in total. The van der Waals surface area contributed by atoms with Crippen LogP contribution in [0.5, 0.6) is 0 Å². The summed E-state index contributed by atoms with van der Waals surface area (Å²) >= 11 is 0. The summed E-state index contributed by atoms with van der Waals surface area (Å²) in [4.78, 5) is 10.6. The number of para-hydroxylation sites is 3. The second-order valence-corrected chi connectivity index (χ2v) is 14.7. The Morgan fingerprint density at radius 1 is 0.439 bits per heavy atom. The van der Waals surface area contributed by atoms with E-state index >= 15 is 0 Å². The van der Waals surface area contributed by atoms with Gasteiger partial charge in [0.25, 0.3) is 0 Å². The van der Waals surface area contributed by atoms with Crippen molar-refractivity contribution >= 4 is 55.3 Å². The normalized spacial score (nSPS) is 12.9. The lowest BCUT2D eigenvalue weighted by molar-refractivity contribution is 0.810. The highest BCUT2D eigenvalue weighted by Crippen LogP contribution is 2.37. The second-order valence-electron chi connectivity index (χ2n) is 14.7. The Bertz CT molecular complexity index is 3120. The average molecular weight is 733 g/mol. The summed E-state index contributed by atoms with van der Waals surface area (Å²) in [6.45, 7) is 4.21.